The molecule has 3 aromatic rings. The maximum absolute atomic E-state index is 12.4. The highest BCUT2D eigenvalue weighted by molar-refractivity contribution is 7.92. The molecular formula is C18H18N4O2S. The summed E-state index contributed by atoms with van der Waals surface area (Å²) in [4.78, 5) is 0.225. The predicted octanol–water partition coefficient (Wildman–Crippen LogP) is 3.20. The third kappa shape index (κ3) is 4.33. The minimum atomic E-state index is -3.69. The maximum atomic E-state index is 12.4. The van der Waals surface area contributed by atoms with Gasteiger partial charge >= 0.3 is 0 Å². The molecule has 6 nitrogen and oxygen atoms in total. The first-order valence-corrected chi connectivity index (χ1v) is 9.23. The van der Waals surface area contributed by atoms with Crippen molar-refractivity contribution < 1.29 is 8.42 Å². The van der Waals surface area contributed by atoms with Gasteiger partial charge in [0.1, 0.15) is 5.82 Å². The van der Waals surface area contributed by atoms with Gasteiger partial charge in [-0.05, 0) is 36.2 Å². The topological polar surface area (TPSA) is 84.0 Å². The highest BCUT2D eigenvalue weighted by Gasteiger charge is 2.17. The first-order valence-electron chi connectivity index (χ1n) is 7.74. The van der Waals surface area contributed by atoms with Gasteiger partial charge in [-0.2, -0.15) is 0 Å². The Morgan fingerprint density at radius 3 is 2.16 bits per heavy atom. The van der Waals surface area contributed by atoms with Gasteiger partial charge in [0.05, 0.1) is 4.90 Å². The number of hydrogen-bond donors (Lipinski definition) is 2. The first kappa shape index (κ1) is 16.9. The van der Waals surface area contributed by atoms with E-state index in [9.17, 15) is 8.42 Å². The van der Waals surface area contributed by atoms with E-state index in [1.807, 2.05) is 30.3 Å². The highest BCUT2D eigenvalue weighted by Crippen LogP contribution is 2.18. The summed E-state index contributed by atoms with van der Waals surface area (Å²) in [5, 5.41) is 11.1. The molecule has 25 heavy (non-hydrogen) atoms. The van der Waals surface area contributed by atoms with Crippen molar-refractivity contribution in [2.75, 3.05) is 10.0 Å². The van der Waals surface area contributed by atoms with Crippen molar-refractivity contribution >= 4 is 21.7 Å². The summed E-state index contributed by atoms with van der Waals surface area (Å²) in [6, 6.07) is 19.9. The molecule has 0 spiro atoms. The first-order chi connectivity index (χ1) is 12.0. The van der Waals surface area contributed by atoms with Crippen LogP contribution in [0.25, 0.3) is 0 Å². The molecule has 2 N–H and O–H groups in total. The molecule has 7 heteroatoms. The second-order valence-corrected chi connectivity index (χ2v) is 7.16. The molecule has 0 amide bonds. The quantitative estimate of drug-likeness (QED) is 0.710. The van der Waals surface area contributed by atoms with Crippen LogP contribution in [0, 0.1) is 6.92 Å². The lowest BCUT2D eigenvalue weighted by atomic mass is 10.2. The number of aryl methyl sites for hydroxylation is 1. The van der Waals surface area contributed by atoms with E-state index < -0.39 is 10.0 Å². The van der Waals surface area contributed by atoms with Gasteiger partial charge in [-0.1, -0.05) is 48.5 Å². The zero-order valence-electron chi connectivity index (χ0n) is 13.7. The number of nitrogens with zero attached hydrogens (tertiary/aromatic N) is 2. The summed E-state index contributed by atoms with van der Waals surface area (Å²) in [5.74, 6) is 0.746. The fourth-order valence-corrected chi connectivity index (χ4v) is 3.56. The molecule has 0 aliphatic rings. The van der Waals surface area contributed by atoms with Crippen LogP contribution in [0.3, 0.4) is 0 Å². The summed E-state index contributed by atoms with van der Waals surface area (Å²) in [6.45, 7) is 2.36. The van der Waals surface area contributed by atoms with E-state index in [-0.39, 0.29) is 10.7 Å². The van der Waals surface area contributed by atoms with Gasteiger partial charge in [0.25, 0.3) is 10.0 Å². The molecule has 0 unspecified atom stereocenters. The van der Waals surface area contributed by atoms with Gasteiger partial charge < -0.3 is 5.32 Å². The van der Waals surface area contributed by atoms with Gasteiger partial charge in [0.15, 0.2) is 5.82 Å². The second-order valence-electron chi connectivity index (χ2n) is 5.51. The largest absolute Gasteiger partial charge is 0.365 e. The molecule has 0 aliphatic heterocycles. The monoisotopic (exact) mass is 354 g/mol. The molecule has 0 fully saturated rings. The van der Waals surface area contributed by atoms with Gasteiger partial charge in [-0.15, -0.1) is 10.2 Å². The average Bonchev–Trinajstić information content (AvgIpc) is 2.62. The summed E-state index contributed by atoms with van der Waals surface area (Å²) in [6.07, 6.45) is 0. The molecule has 0 aliphatic carbocycles. The highest BCUT2D eigenvalue weighted by atomic mass is 32.2. The number of aromatic nitrogens is 2. The molecule has 3 rings (SSSR count). The van der Waals surface area contributed by atoms with E-state index in [4.69, 9.17) is 0 Å². The second kappa shape index (κ2) is 7.31. The number of rotatable bonds is 6. The lowest BCUT2D eigenvalue weighted by Crippen LogP contribution is -2.15. The Morgan fingerprint density at radius 1 is 0.840 bits per heavy atom. The summed E-state index contributed by atoms with van der Waals surface area (Å²) >= 11 is 0. The van der Waals surface area contributed by atoms with Gasteiger partial charge in [-0.3, -0.25) is 4.72 Å². The third-order valence-corrected chi connectivity index (χ3v) is 5.12. The normalized spacial score (nSPS) is 11.1. The Hall–Kier alpha value is -2.93. The van der Waals surface area contributed by atoms with Crippen LogP contribution < -0.4 is 10.0 Å². The number of sulfonamides is 1. The Labute approximate surface area is 147 Å². The third-order valence-electron chi connectivity index (χ3n) is 3.60. The fourth-order valence-electron chi connectivity index (χ4n) is 2.32. The zero-order valence-corrected chi connectivity index (χ0v) is 14.5. The van der Waals surface area contributed by atoms with E-state index in [1.165, 1.54) is 0 Å². The van der Waals surface area contributed by atoms with E-state index >= 15 is 0 Å². The molecular weight excluding hydrogens is 336 g/mol. The maximum Gasteiger partial charge on any atom is 0.263 e. The lowest BCUT2D eigenvalue weighted by molar-refractivity contribution is 0.600. The van der Waals surface area contributed by atoms with Crippen molar-refractivity contribution in [3.63, 3.8) is 0 Å². The molecule has 0 bridgehead atoms. The molecule has 0 radical (unpaired) electrons. The average molecular weight is 354 g/mol. The Kier molecular flexibility index (Phi) is 4.95. The van der Waals surface area contributed by atoms with E-state index in [2.05, 4.69) is 20.2 Å². The minimum absolute atomic E-state index is 0.175. The van der Waals surface area contributed by atoms with Crippen molar-refractivity contribution in [3.8, 4) is 0 Å². The number of nitrogens with one attached hydrogen (secondary N) is 2. The van der Waals surface area contributed by atoms with Crippen molar-refractivity contribution in [3.05, 3.63) is 77.9 Å². The van der Waals surface area contributed by atoms with Gasteiger partial charge in [0, 0.05) is 6.54 Å². The Bertz CT molecular complexity index is 942. The van der Waals surface area contributed by atoms with Crippen LogP contribution in [0.2, 0.25) is 0 Å². The molecule has 0 saturated heterocycles. The van der Waals surface area contributed by atoms with Crippen LogP contribution >= 0.6 is 0 Å². The standard InChI is InChI=1S/C18H18N4O2S/c1-14-7-5-6-10-16(14)25(23,24)22-18-12-11-17(20-21-18)19-13-15-8-3-2-4-9-15/h2-12H,13H2,1H3,(H,19,20)(H,21,22). The molecule has 128 valence electrons. The Balaban J connectivity index is 1.67. The van der Waals surface area contributed by atoms with Crippen molar-refractivity contribution in [2.45, 2.75) is 18.4 Å². The number of anilines is 2. The van der Waals surface area contributed by atoms with Crippen molar-refractivity contribution in [2.24, 2.45) is 0 Å². The molecule has 1 aromatic heterocycles. The summed E-state index contributed by atoms with van der Waals surface area (Å²) in [7, 11) is -3.69. The lowest BCUT2D eigenvalue weighted by Gasteiger charge is -2.10. The molecule has 2 aromatic carbocycles. The molecule has 1 heterocycles. The predicted molar refractivity (Wildman–Crippen MR) is 97.8 cm³/mol. The molecule has 0 atom stereocenters. The van der Waals surface area contributed by atoms with Crippen LogP contribution in [-0.2, 0) is 16.6 Å². The molecule has 0 saturated carbocycles. The van der Waals surface area contributed by atoms with Crippen molar-refractivity contribution in [1.82, 2.24) is 10.2 Å². The fraction of sp³-hybridized carbons (Fsp3) is 0.111. The minimum Gasteiger partial charge on any atom is -0.365 e. The smallest absolute Gasteiger partial charge is 0.263 e. The summed E-state index contributed by atoms with van der Waals surface area (Å²) in [5.41, 5.74) is 1.79. The van der Waals surface area contributed by atoms with Crippen LogP contribution in [0.15, 0.2) is 71.6 Å². The number of benzene rings is 2. The van der Waals surface area contributed by atoms with Crippen LogP contribution in [0.4, 0.5) is 11.6 Å². The van der Waals surface area contributed by atoms with E-state index in [0.717, 1.165) is 5.56 Å². The summed E-state index contributed by atoms with van der Waals surface area (Å²) < 4.78 is 27.3. The van der Waals surface area contributed by atoms with E-state index in [1.54, 1.807) is 43.3 Å². The zero-order chi connectivity index (χ0) is 17.7. The van der Waals surface area contributed by atoms with Crippen molar-refractivity contribution in [1.29, 1.82) is 0 Å². The van der Waals surface area contributed by atoms with Gasteiger partial charge in [0.2, 0.25) is 0 Å². The van der Waals surface area contributed by atoms with E-state index in [0.29, 0.717) is 17.9 Å². The van der Waals surface area contributed by atoms with Gasteiger partial charge in [-0.25, -0.2) is 8.42 Å². The number of hydrogen-bond acceptors (Lipinski definition) is 5. The SMILES string of the molecule is Cc1ccccc1S(=O)(=O)Nc1ccc(NCc2ccccc2)nn1. The van der Waals surface area contributed by atoms with Crippen LogP contribution in [0.5, 0.6) is 0 Å². The van der Waals surface area contributed by atoms with Crippen LogP contribution in [-0.4, -0.2) is 18.6 Å². The van der Waals surface area contributed by atoms with Crippen LogP contribution in [0.1, 0.15) is 11.1 Å². The Morgan fingerprint density at radius 2 is 1.48 bits per heavy atom.